The SMILES string of the molecule is C[C@@H](NC(=O)Cn1cnc2c(cnn2-c2ccccc2)c1=O)c1ccc2c(c1)OCCO2. The van der Waals surface area contributed by atoms with E-state index in [0.717, 1.165) is 11.3 Å². The summed E-state index contributed by atoms with van der Waals surface area (Å²) in [5, 5.41) is 7.55. The Kier molecular flexibility index (Phi) is 5.06. The van der Waals surface area contributed by atoms with Crippen molar-refractivity contribution >= 4 is 16.9 Å². The Morgan fingerprint density at radius 3 is 2.72 bits per heavy atom. The normalized spacial score (nSPS) is 13.7. The van der Waals surface area contributed by atoms with Gasteiger partial charge in [0.05, 0.1) is 17.9 Å². The Bertz CT molecular complexity index is 1350. The van der Waals surface area contributed by atoms with E-state index in [-0.39, 0.29) is 24.1 Å². The van der Waals surface area contributed by atoms with Crippen LogP contribution in [0.2, 0.25) is 0 Å². The van der Waals surface area contributed by atoms with Crippen molar-refractivity contribution in [2.24, 2.45) is 0 Å². The molecule has 0 spiro atoms. The van der Waals surface area contributed by atoms with Gasteiger partial charge in [-0.05, 0) is 36.8 Å². The lowest BCUT2D eigenvalue weighted by molar-refractivity contribution is -0.122. The Labute approximate surface area is 183 Å². The molecule has 4 aromatic rings. The third kappa shape index (κ3) is 3.68. The maximum atomic E-state index is 12.9. The first-order valence-electron chi connectivity index (χ1n) is 10.3. The van der Waals surface area contributed by atoms with Gasteiger partial charge in [0.15, 0.2) is 17.1 Å². The largest absolute Gasteiger partial charge is 0.486 e. The van der Waals surface area contributed by atoms with E-state index in [2.05, 4.69) is 15.4 Å². The summed E-state index contributed by atoms with van der Waals surface area (Å²) in [5.41, 5.74) is 1.81. The molecule has 0 aliphatic carbocycles. The van der Waals surface area contributed by atoms with Crippen molar-refractivity contribution in [3.8, 4) is 17.2 Å². The van der Waals surface area contributed by atoms with Gasteiger partial charge in [-0.2, -0.15) is 5.10 Å². The first-order chi connectivity index (χ1) is 15.6. The van der Waals surface area contributed by atoms with Gasteiger partial charge in [0, 0.05) is 0 Å². The number of fused-ring (bicyclic) bond motifs is 2. The predicted molar refractivity (Wildman–Crippen MR) is 117 cm³/mol. The van der Waals surface area contributed by atoms with Crippen LogP contribution in [-0.2, 0) is 11.3 Å². The summed E-state index contributed by atoms with van der Waals surface area (Å²) in [5.74, 6) is 1.06. The van der Waals surface area contributed by atoms with Crippen LogP contribution >= 0.6 is 0 Å². The number of carbonyl (C=O) groups excluding carboxylic acids is 1. The number of amides is 1. The molecule has 9 heteroatoms. The van der Waals surface area contributed by atoms with Crippen molar-refractivity contribution in [1.29, 1.82) is 0 Å². The molecule has 0 fully saturated rings. The van der Waals surface area contributed by atoms with Crippen LogP contribution in [0.5, 0.6) is 11.5 Å². The average molecular weight is 431 g/mol. The summed E-state index contributed by atoms with van der Waals surface area (Å²) in [6.45, 7) is 2.75. The van der Waals surface area contributed by atoms with Gasteiger partial charge < -0.3 is 14.8 Å². The van der Waals surface area contributed by atoms with Gasteiger partial charge in [0.1, 0.15) is 31.5 Å². The zero-order chi connectivity index (χ0) is 22.1. The molecule has 9 nitrogen and oxygen atoms in total. The third-order valence-corrected chi connectivity index (χ3v) is 5.31. The van der Waals surface area contributed by atoms with Gasteiger partial charge in [-0.15, -0.1) is 0 Å². The number of carbonyl (C=O) groups is 1. The lowest BCUT2D eigenvalue weighted by atomic mass is 10.1. The third-order valence-electron chi connectivity index (χ3n) is 5.31. The van der Waals surface area contributed by atoms with Crippen LogP contribution in [0.3, 0.4) is 0 Å². The van der Waals surface area contributed by atoms with E-state index >= 15 is 0 Å². The molecule has 1 amide bonds. The minimum absolute atomic E-state index is 0.146. The molecule has 1 aliphatic heterocycles. The number of hydrogen-bond acceptors (Lipinski definition) is 6. The van der Waals surface area contributed by atoms with E-state index in [1.807, 2.05) is 55.5 Å². The molecule has 3 heterocycles. The van der Waals surface area contributed by atoms with Crippen molar-refractivity contribution in [1.82, 2.24) is 24.6 Å². The van der Waals surface area contributed by atoms with Gasteiger partial charge in [-0.1, -0.05) is 24.3 Å². The van der Waals surface area contributed by atoms with Crippen LogP contribution in [0.1, 0.15) is 18.5 Å². The number of rotatable bonds is 5. The fourth-order valence-electron chi connectivity index (χ4n) is 3.67. The van der Waals surface area contributed by atoms with Crippen molar-refractivity contribution in [3.05, 3.63) is 77.0 Å². The topological polar surface area (TPSA) is 100 Å². The summed E-state index contributed by atoms with van der Waals surface area (Å²) >= 11 is 0. The Morgan fingerprint density at radius 1 is 1.12 bits per heavy atom. The molecule has 162 valence electrons. The maximum Gasteiger partial charge on any atom is 0.264 e. The van der Waals surface area contributed by atoms with Crippen molar-refractivity contribution in [3.63, 3.8) is 0 Å². The quantitative estimate of drug-likeness (QED) is 0.520. The first kappa shape index (κ1) is 19.8. The zero-order valence-electron chi connectivity index (χ0n) is 17.4. The summed E-state index contributed by atoms with van der Waals surface area (Å²) in [6.07, 6.45) is 2.85. The van der Waals surface area contributed by atoms with E-state index in [1.165, 1.54) is 17.1 Å². The second-order valence-electron chi connectivity index (χ2n) is 7.50. The van der Waals surface area contributed by atoms with Crippen LogP contribution < -0.4 is 20.3 Å². The number of hydrogen-bond donors (Lipinski definition) is 1. The summed E-state index contributed by atoms with van der Waals surface area (Å²) in [7, 11) is 0. The highest BCUT2D eigenvalue weighted by atomic mass is 16.6. The lowest BCUT2D eigenvalue weighted by Crippen LogP contribution is -2.34. The van der Waals surface area contributed by atoms with Gasteiger partial charge in [-0.25, -0.2) is 9.67 Å². The van der Waals surface area contributed by atoms with E-state index in [9.17, 15) is 9.59 Å². The van der Waals surface area contributed by atoms with E-state index in [4.69, 9.17) is 9.47 Å². The fraction of sp³-hybridized carbons (Fsp3) is 0.217. The number of para-hydroxylation sites is 1. The summed E-state index contributed by atoms with van der Waals surface area (Å²) in [6, 6.07) is 14.7. The maximum absolute atomic E-state index is 12.9. The second-order valence-corrected chi connectivity index (χ2v) is 7.50. The molecule has 0 unspecified atom stereocenters. The zero-order valence-corrected chi connectivity index (χ0v) is 17.4. The minimum atomic E-state index is -0.320. The average Bonchev–Trinajstić information content (AvgIpc) is 3.26. The molecule has 1 N–H and O–H groups in total. The van der Waals surface area contributed by atoms with Crippen LogP contribution in [0.25, 0.3) is 16.7 Å². The number of aromatic nitrogens is 4. The molecular formula is C23H21N5O4. The molecule has 0 radical (unpaired) electrons. The smallest absolute Gasteiger partial charge is 0.264 e. The Balaban J connectivity index is 1.32. The molecule has 32 heavy (non-hydrogen) atoms. The van der Waals surface area contributed by atoms with Crippen LogP contribution in [0, 0.1) is 0 Å². The Morgan fingerprint density at radius 2 is 1.91 bits per heavy atom. The highest BCUT2D eigenvalue weighted by molar-refractivity contribution is 5.78. The molecule has 1 aliphatic rings. The van der Waals surface area contributed by atoms with Gasteiger partial charge in [0.25, 0.3) is 5.56 Å². The molecule has 2 aromatic heterocycles. The van der Waals surface area contributed by atoms with Crippen molar-refractivity contribution < 1.29 is 14.3 Å². The molecule has 0 saturated carbocycles. The lowest BCUT2D eigenvalue weighted by Gasteiger charge is -2.21. The number of benzene rings is 2. The van der Waals surface area contributed by atoms with Gasteiger partial charge in [0.2, 0.25) is 5.91 Å². The molecular weight excluding hydrogens is 410 g/mol. The van der Waals surface area contributed by atoms with Crippen molar-refractivity contribution in [2.75, 3.05) is 13.2 Å². The second kappa shape index (κ2) is 8.18. The first-order valence-corrected chi connectivity index (χ1v) is 10.3. The highest BCUT2D eigenvalue weighted by Crippen LogP contribution is 2.32. The number of nitrogens with zero attached hydrogens (tertiary/aromatic N) is 4. The minimum Gasteiger partial charge on any atom is -0.486 e. The van der Waals surface area contributed by atoms with E-state index in [1.54, 1.807) is 4.68 Å². The number of nitrogens with one attached hydrogen (secondary N) is 1. The molecule has 2 aromatic carbocycles. The van der Waals surface area contributed by atoms with Gasteiger partial charge >= 0.3 is 0 Å². The molecule has 0 saturated heterocycles. The Hall–Kier alpha value is -4.14. The van der Waals surface area contributed by atoms with Crippen molar-refractivity contribution in [2.45, 2.75) is 19.5 Å². The standard InChI is InChI=1S/C23H21N5O4/c1-15(16-7-8-19-20(11-16)32-10-9-31-19)26-21(29)13-27-14-24-22-18(23(27)30)12-25-28(22)17-5-3-2-4-6-17/h2-8,11-12,14-15H,9-10,13H2,1H3,(H,26,29)/t15-/m1/s1. The summed E-state index contributed by atoms with van der Waals surface area (Å²) in [4.78, 5) is 29.9. The van der Waals surface area contributed by atoms with Gasteiger partial charge in [-0.3, -0.25) is 14.2 Å². The van der Waals surface area contributed by atoms with Crippen LogP contribution in [-0.4, -0.2) is 38.5 Å². The van der Waals surface area contributed by atoms with Crippen LogP contribution in [0.4, 0.5) is 0 Å². The fourth-order valence-corrected chi connectivity index (χ4v) is 3.67. The van der Waals surface area contributed by atoms with E-state index < -0.39 is 0 Å². The van der Waals surface area contributed by atoms with E-state index in [0.29, 0.717) is 35.7 Å². The monoisotopic (exact) mass is 431 g/mol. The summed E-state index contributed by atoms with van der Waals surface area (Å²) < 4.78 is 14.0. The molecule has 0 bridgehead atoms. The molecule has 1 atom stereocenters. The van der Waals surface area contributed by atoms with Crippen LogP contribution in [0.15, 0.2) is 65.8 Å². The predicted octanol–water partition coefficient (Wildman–Crippen LogP) is 2.23. The highest BCUT2D eigenvalue weighted by Gasteiger charge is 2.17. The molecule has 5 rings (SSSR count). The number of ether oxygens (including phenoxy) is 2.